The molecule has 0 radical (unpaired) electrons. The molecule has 2 aromatic rings. The van der Waals surface area contributed by atoms with Gasteiger partial charge in [0.25, 0.3) is 11.8 Å². The largest absolute Gasteiger partial charge is 0.497 e. The van der Waals surface area contributed by atoms with Crippen molar-refractivity contribution in [1.82, 2.24) is 4.90 Å². The van der Waals surface area contributed by atoms with Gasteiger partial charge in [-0.05, 0) is 62.4 Å². The van der Waals surface area contributed by atoms with Crippen molar-refractivity contribution in [3.8, 4) is 11.5 Å². The third-order valence-electron chi connectivity index (χ3n) is 3.90. The minimum Gasteiger partial charge on any atom is -0.497 e. The number of nitrogens with zero attached hydrogens (tertiary/aromatic N) is 1. The molecule has 138 valence electrons. The highest BCUT2D eigenvalue weighted by atomic mass is 16.5. The van der Waals surface area contributed by atoms with E-state index in [1.807, 2.05) is 13.8 Å². The van der Waals surface area contributed by atoms with Gasteiger partial charge in [0.2, 0.25) is 0 Å². The van der Waals surface area contributed by atoms with Crippen molar-refractivity contribution >= 4 is 17.5 Å². The highest BCUT2D eigenvalue weighted by Crippen LogP contribution is 2.17. The van der Waals surface area contributed by atoms with Crippen molar-refractivity contribution in [2.45, 2.75) is 13.8 Å². The third kappa shape index (κ3) is 5.24. The van der Waals surface area contributed by atoms with Crippen molar-refractivity contribution in [2.75, 3.05) is 32.1 Å². The van der Waals surface area contributed by atoms with E-state index in [1.165, 1.54) is 0 Å². The van der Waals surface area contributed by atoms with Crippen LogP contribution in [0.2, 0.25) is 0 Å². The van der Waals surface area contributed by atoms with Gasteiger partial charge in [-0.3, -0.25) is 9.59 Å². The van der Waals surface area contributed by atoms with Gasteiger partial charge in [-0.25, -0.2) is 0 Å². The molecule has 0 unspecified atom stereocenters. The van der Waals surface area contributed by atoms with Gasteiger partial charge in [0.15, 0.2) is 6.61 Å². The molecule has 6 heteroatoms. The molecule has 0 saturated carbocycles. The van der Waals surface area contributed by atoms with Crippen molar-refractivity contribution < 1.29 is 19.1 Å². The Morgan fingerprint density at radius 2 is 1.50 bits per heavy atom. The number of hydrogen-bond donors (Lipinski definition) is 1. The van der Waals surface area contributed by atoms with Crippen molar-refractivity contribution in [3.05, 3.63) is 54.1 Å². The lowest BCUT2D eigenvalue weighted by Crippen LogP contribution is -2.30. The predicted molar refractivity (Wildman–Crippen MR) is 101 cm³/mol. The first kappa shape index (κ1) is 19.3. The van der Waals surface area contributed by atoms with Gasteiger partial charge in [-0.15, -0.1) is 0 Å². The average molecular weight is 356 g/mol. The van der Waals surface area contributed by atoms with Crippen LogP contribution >= 0.6 is 0 Å². The molecule has 0 aromatic heterocycles. The number of hydrogen-bond acceptors (Lipinski definition) is 4. The van der Waals surface area contributed by atoms with E-state index in [0.717, 1.165) is 5.75 Å². The molecule has 0 bridgehead atoms. The molecule has 0 aliphatic rings. The monoisotopic (exact) mass is 356 g/mol. The summed E-state index contributed by atoms with van der Waals surface area (Å²) in [7, 11) is 1.59. The van der Waals surface area contributed by atoms with Gasteiger partial charge >= 0.3 is 0 Å². The zero-order chi connectivity index (χ0) is 18.9. The first-order valence-corrected chi connectivity index (χ1v) is 8.53. The fourth-order valence-corrected chi connectivity index (χ4v) is 2.41. The van der Waals surface area contributed by atoms with Crippen LogP contribution in [0.4, 0.5) is 5.69 Å². The van der Waals surface area contributed by atoms with E-state index in [0.29, 0.717) is 30.1 Å². The molecule has 26 heavy (non-hydrogen) atoms. The predicted octanol–water partition coefficient (Wildman–Crippen LogP) is 3.19. The molecule has 0 spiro atoms. The number of benzene rings is 2. The Labute approximate surface area is 153 Å². The van der Waals surface area contributed by atoms with Gasteiger partial charge in [0, 0.05) is 24.3 Å². The zero-order valence-electron chi connectivity index (χ0n) is 15.3. The quantitative estimate of drug-likeness (QED) is 0.789. The van der Waals surface area contributed by atoms with E-state index >= 15 is 0 Å². The SMILES string of the molecule is CCN(CC)C(=O)c1ccc(NC(=O)COc2ccc(OC)cc2)cc1. The van der Waals surface area contributed by atoms with Crippen LogP contribution in [0.25, 0.3) is 0 Å². The highest BCUT2D eigenvalue weighted by molar-refractivity contribution is 5.96. The Morgan fingerprint density at radius 3 is 2.04 bits per heavy atom. The molecule has 0 aliphatic heterocycles. The molecule has 0 saturated heterocycles. The molecule has 6 nitrogen and oxygen atoms in total. The van der Waals surface area contributed by atoms with Gasteiger partial charge in [0.05, 0.1) is 7.11 Å². The van der Waals surface area contributed by atoms with E-state index in [9.17, 15) is 9.59 Å². The lowest BCUT2D eigenvalue weighted by molar-refractivity contribution is -0.118. The minimum atomic E-state index is -0.274. The van der Waals surface area contributed by atoms with E-state index in [1.54, 1.807) is 60.5 Å². The summed E-state index contributed by atoms with van der Waals surface area (Å²) in [6.45, 7) is 5.11. The minimum absolute atomic E-state index is 0.0179. The molecule has 2 amide bonds. The summed E-state index contributed by atoms with van der Waals surface area (Å²) in [4.78, 5) is 26.0. The smallest absolute Gasteiger partial charge is 0.262 e. The molecular weight excluding hydrogens is 332 g/mol. The Hall–Kier alpha value is -3.02. The summed E-state index contributed by atoms with van der Waals surface area (Å²) in [6, 6.07) is 13.8. The normalized spacial score (nSPS) is 10.1. The lowest BCUT2D eigenvalue weighted by atomic mass is 10.2. The second-order valence-corrected chi connectivity index (χ2v) is 5.57. The average Bonchev–Trinajstić information content (AvgIpc) is 2.68. The number of amides is 2. The fourth-order valence-electron chi connectivity index (χ4n) is 2.41. The van der Waals surface area contributed by atoms with E-state index in [4.69, 9.17) is 9.47 Å². The summed E-state index contributed by atoms with van der Waals surface area (Å²) in [5.74, 6) is 1.02. The summed E-state index contributed by atoms with van der Waals surface area (Å²) in [5, 5.41) is 2.74. The number of carbonyl (C=O) groups is 2. The maximum atomic E-state index is 12.3. The van der Waals surface area contributed by atoms with Crippen LogP contribution in [-0.4, -0.2) is 43.5 Å². The molecule has 0 heterocycles. The van der Waals surface area contributed by atoms with Gasteiger partial charge in [0.1, 0.15) is 11.5 Å². The standard InChI is InChI=1S/C20H24N2O4/c1-4-22(5-2)20(24)15-6-8-16(9-7-15)21-19(23)14-26-18-12-10-17(25-3)11-13-18/h6-13H,4-5,14H2,1-3H3,(H,21,23). The van der Waals surface area contributed by atoms with Crippen LogP contribution in [0.15, 0.2) is 48.5 Å². The molecule has 2 rings (SSSR count). The first-order chi connectivity index (χ1) is 12.6. The molecule has 1 N–H and O–H groups in total. The third-order valence-corrected chi connectivity index (χ3v) is 3.90. The Morgan fingerprint density at radius 1 is 0.923 bits per heavy atom. The first-order valence-electron chi connectivity index (χ1n) is 8.53. The van der Waals surface area contributed by atoms with Gasteiger partial charge in [-0.1, -0.05) is 0 Å². The topological polar surface area (TPSA) is 67.9 Å². The van der Waals surface area contributed by atoms with Crippen molar-refractivity contribution in [3.63, 3.8) is 0 Å². The number of methoxy groups -OCH3 is 1. The van der Waals surface area contributed by atoms with Crippen LogP contribution in [0, 0.1) is 0 Å². The van der Waals surface area contributed by atoms with Crippen LogP contribution < -0.4 is 14.8 Å². The molecule has 0 atom stereocenters. The fraction of sp³-hybridized carbons (Fsp3) is 0.300. The van der Waals surface area contributed by atoms with Crippen LogP contribution in [0.1, 0.15) is 24.2 Å². The van der Waals surface area contributed by atoms with Gasteiger partial charge < -0.3 is 19.7 Å². The number of carbonyl (C=O) groups excluding carboxylic acids is 2. The number of ether oxygens (including phenoxy) is 2. The second-order valence-electron chi connectivity index (χ2n) is 5.57. The Kier molecular flexibility index (Phi) is 7.02. The zero-order valence-corrected chi connectivity index (χ0v) is 15.3. The molecular formula is C20H24N2O4. The lowest BCUT2D eigenvalue weighted by Gasteiger charge is -2.18. The molecule has 2 aromatic carbocycles. The number of nitrogens with one attached hydrogen (secondary N) is 1. The number of rotatable bonds is 8. The van der Waals surface area contributed by atoms with E-state index in [-0.39, 0.29) is 18.4 Å². The molecule has 0 fully saturated rings. The summed E-state index contributed by atoms with van der Waals surface area (Å²) in [5.41, 5.74) is 1.21. The molecule has 0 aliphatic carbocycles. The van der Waals surface area contributed by atoms with Gasteiger partial charge in [-0.2, -0.15) is 0 Å². The summed E-state index contributed by atoms with van der Waals surface area (Å²) < 4.78 is 10.5. The summed E-state index contributed by atoms with van der Waals surface area (Å²) >= 11 is 0. The van der Waals surface area contributed by atoms with E-state index in [2.05, 4.69) is 5.32 Å². The Bertz CT molecular complexity index is 722. The number of anilines is 1. The van der Waals surface area contributed by atoms with Crippen LogP contribution in [0.5, 0.6) is 11.5 Å². The van der Waals surface area contributed by atoms with Crippen LogP contribution in [0.3, 0.4) is 0 Å². The maximum Gasteiger partial charge on any atom is 0.262 e. The Balaban J connectivity index is 1.87. The summed E-state index contributed by atoms with van der Waals surface area (Å²) in [6.07, 6.45) is 0. The van der Waals surface area contributed by atoms with Crippen molar-refractivity contribution in [1.29, 1.82) is 0 Å². The van der Waals surface area contributed by atoms with Crippen LogP contribution in [-0.2, 0) is 4.79 Å². The highest BCUT2D eigenvalue weighted by Gasteiger charge is 2.12. The maximum absolute atomic E-state index is 12.3. The van der Waals surface area contributed by atoms with Crippen molar-refractivity contribution in [2.24, 2.45) is 0 Å². The second kappa shape index (κ2) is 9.46. The van der Waals surface area contributed by atoms with E-state index < -0.39 is 0 Å².